The molecule has 0 radical (unpaired) electrons. The summed E-state index contributed by atoms with van der Waals surface area (Å²) in [6.07, 6.45) is 0. The zero-order valence-electron chi connectivity index (χ0n) is 15.6. The van der Waals surface area contributed by atoms with Crippen molar-refractivity contribution >= 4 is 23.4 Å². The Morgan fingerprint density at radius 2 is 1.74 bits per heavy atom. The molecule has 0 bridgehead atoms. The van der Waals surface area contributed by atoms with Crippen LogP contribution in [0.5, 0.6) is 11.5 Å². The number of carbonyl (C=O) groups is 2. The van der Waals surface area contributed by atoms with Crippen LogP contribution in [0.25, 0.3) is 0 Å². The van der Waals surface area contributed by atoms with Crippen LogP contribution in [-0.2, 0) is 4.79 Å². The highest BCUT2D eigenvalue weighted by atomic mass is 35.5. The van der Waals surface area contributed by atoms with Gasteiger partial charge in [0.1, 0.15) is 11.5 Å². The van der Waals surface area contributed by atoms with Gasteiger partial charge in [0, 0.05) is 18.1 Å². The smallest absolute Gasteiger partial charge is 0.258 e. The van der Waals surface area contributed by atoms with Crippen molar-refractivity contribution in [3.63, 3.8) is 0 Å². The van der Waals surface area contributed by atoms with Crippen LogP contribution in [-0.4, -0.2) is 38.6 Å². The molecule has 0 unspecified atom stereocenters. The van der Waals surface area contributed by atoms with Gasteiger partial charge in [-0.1, -0.05) is 17.7 Å². The Kier molecular flexibility index (Phi) is 7.49. The fraction of sp³-hybridized carbons (Fsp3) is 0.300. The Morgan fingerprint density at radius 3 is 2.44 bits per heavy atom. The largest absolute Gasteiger partial charge is 0.496 e. The second-order valence-corrected chi connectivity index (χ2v) is 6.42. The number of benzene rings is 2. The first kappa shape index (κ1) is 20.6. The average molecular weight is 391 g/mol. The SMILES string of the molecule is COc1ccc(Cl)cc1C(=O)NCCNC(=O)COc1ccc(C)c(C)c1. The number of nitrogens with one attached hydrogen (secondary N) is 2. The fourth-order valence-electron chi connectivity index (χ4n) is 2.33. The molecule has 0 aliphatic heterocycles. The Labute approximate surface area is 163 Å². The predicted octanol–water partition coefficient (Wildman–Crippen LogP) is 2.89. The molecule has 0 atom stereocenters. The minimum absolute atomic E-state index is 0.0848. The second kappa shape index (κ2) is 9.83. The van der Waals surface area contributed by atoms with Gasteiger partial charge in [-0.15, -0.1) is 0 Å². The molecule has 0 spiro atoms. The zero-order valence-corrected chi connectivity index (χ0v) is 16.4. The van der Waals surface area contributed by atoms with E-state index in [-0.39, 0.29) is 31.5 Å². The molecule has 0 saturated carbocycles. The van der Waals surface area contributed by atoms with Crippen molar-refractivity contribution in [3.05, 3.63) is 58.1 Å². The van der Waals surface area contributed by atoms with Gasteiger partial charge < -0.3 is 20.1 Å². The fourth-order valence-corrected chi connectivity index (χ4v) is 2.51. The molecule has 0 saturated heterocycles. The van der Waals surface area contributed by atoms with Crippen LogP contribution in [0.15, 0.2) is 36.4 Å². The third kappa shape index (κ3) is 6.18. The van der Waals surface area contributed by atoms with E-state index in [1.807, 2.05) is 32.0 Å². The van der Waals surface area contributed by atoms with Crippen molar-refractivity contribution in [2.24, 2.45) is 0 Å². The van der Waals surface area contributed by atoms with Crippen molar-refractivity contribution in [2.75, 3.05) is 26.8 Å². The molecular weight excluding hydrogens is 368 g/mol. The van der Waals surface area contributed by atoms with Crippen LogP contribution in [0.3, 0.4) is 0 Å². The summed E-state index contributed by atoms with van der Waals surface area (Å²) in [5, 5.41) is 5.84. The number of methoxy groups -OCH3 is 1. The third-order valence-electron chi connectivity index (χ3n) is 3.99. The summed E-state index contributed by atoms with van der Waals surface area (Å²) in [5.74, 6) is 0.495. The van der Waals surface area contributed by atoms with Gasteiger partial charge >= 0.3 is 0 Å². The molecule has 2 aromatic rings. The lowest BCUT2D eigenvalue weighted by Crippen LogP contribution is -2.36. The quantitative estimate of drug-likeness (QED) is 0.679. The number of aryl methyl sites for hydroxylation is 2. The topological polar surface area (TPSA) is 76.7 Å². The molecule has 0 heterocycles. The lowest BCUT2D eigenvalue weighted by atomic mass is 10.1. The summed E-state index contributed by atoms with van der Waals surface area (Å²) < 4.78 is 10.6. The average Bonchev–Trinajstić information content (AvgIpc) is 2.66. The normalized spacial score (nSPS) is 10.2. The van der Waals surface area contributed by atoms with Gasteiger partial charge in [0.05, 0.1) is 12.7 Å². The first-order valence-electron chi connectivity index (χ1n) is 8.49. The molecule has 2 N–H and O–H groups in total. The van der Waals surface area contributed by atoms with Crippen LogP contribution in [0.2, 0.25) is 5.02 Å². The monoisotopic (exact) mass is 390 g/mol. The molecule has 0 aliphatic rings. The summed E-state index contributed by atoms with van der Waals surface area (Å²) in [6, 6.07) is 10.5. The van der Waals surface area contributed by atoms with E-state index in [9.17, 15) is 9.59 Å². The van der Waals surface area contributed by atoms with E-state index in [1.165, 1.54) is 18.7 Å². The Bertz CT molecular complexity index is 824. The highest BCUT2D eigenvalue weighted by Crippen LogP contribution is 2.22. The number of hydrogen-bond acceptors (Lipinski definition) is 4. The summed E-state index contributed by atoms with van der Waals surface area (Å²) in [4.78, 5) is 24.0. The molecular formula is C20H23ClN2O4. The van der Waals surface area contributed by atoms with Crippen molar-refractivity contribution in [1.82, 2.24) is 10.6 Å². The van der Waals surface area contributed by atoms with E-state index < -0.39 is 0 Å². The van der Waals surface area contributed by atoms with Crippen molar-refractivity contribution in [1.29, 1.82) is 0 Å². The standard InChI is InChI=1S/C20H23ClN2O4/c1-13-4-6-16(10-14(13)2)27-12-19(24)22-8-9-23-20(25)17-11-15(21)5-7-18(17)26-3/h4-7,10-11H,8-9,12H2,1-3H3,(H,22,24)(H,23,25). The van der Waals surface area contributed by atoms with E-state index in [4.69, 9.17) is 21.1 Å². The Hall–Kier alpha value is -2.73. The number of rotatable bonds is 8. The molecule has 0 aromatic heterocycles. The number of carbonyl (C=O) groups excluding carboxylic acids is 2. The Morgan fingerprint density at radius 1 is 1.00 bits per heavy atom. The molecule has 6 nitrogen and oxygen atoms in total. The lowest BCUT2D eigenvalue weighted by molar-refractivity contribution is -0.123. The van der Waals surface area contributed by atoms with Gasteiger partial charge in [0.15, 0.2) is 6.61 Å². The molecule has 144 valence electrons. The highest BCUT2D eigenvalue weighted by molar-refractivity contribution is 6.31. The van der Waals surface area contributed by atoms with Crippen LogP contribution >= 0.6 is 11.6 Å². The van der Waals surface area contributed by atoms with Gasteiger partial charge in [-0.05, 0) is 55.3 Å². The minimum atomic E-state index is -0.324. The summed E-state index contributed by atoms with van der Waals surface area (Å²) >= 11 is 5.92. The summed E-state index contributed by atoms with van der Waals surface area (Å²) in [7, 11) is 1.48. The number of hydrogen-bond donors (Lipinski definition) is 2. The predicted molar refractivity (Wildman–Crippen MR) is 105 cm³/mol. The van der Waals surface area contributed by atoms with Crippen LogP contribution < -0.4 is 20.1 Å². The first-order valence-corrected chi connectivity index (χ1v) is 8.87. The maximum atomic E-state index is 12.2. The van der Waals surface area contributed by atoms with Gasteiger partial charge in [-0.2, -0.15) is 0 Å². The molecule has 0 aliphatic carbocycles. The van der Waals surface area contributed by atoms with Gasteiger partial charge in [0.25, 0.3) is 11.8 Å². The summed E-state index contributed by atoms with van der Waals surface area (Å²) in [6.45, 7) is 4.46. The first-order chi connectivity index (χ1) is 12.9. The van der Waals surface area contributed by atoms with Crippen molar-refractivity contribution < 1.29 is 19.1 Å². The van der Waals surface area contributed by atoms with Crippen molar-refractivity contribution in [2.45, 2.75) is 13.8 Å². The van der Waals surface area contributed by atoms with Crippen molar-refractivity contribution in [3.8, 4) is 11.5 Å². The van der Waals surface area contributed by atoms with Gasteiger partial charge in [0.2, 0.25) is 0 Å². The van der Waals surface area contributed by atoms with E-state index >= 15 is 0 Å². The van der Waals surface area contributed by atoms with E-state index in [1.54, 1.807) is 12.1 Å². The summed E-state index contributed by atoms with van der Waals surface area (Å²) in [5.41, 5.74) is 2.61. The molecule has 2 rings (SSSR count). The molecule has 27 heavy (non-hydrogen) atoms. The van der Waals surface area contributed by atoms with E-state index in [0.717, 1.165) is 5.56 Å². The zero-order chi connectivity index (χ0) is 19.8. The highest BCUT2D eigenvalue weighted by Gasteiger charge is 2.12. The lowest BCUT2D eigenvalue weighted by Gasteiger charge is -2.11. The van der Waals surface area contributed by atoms with Crippen LogP contribution in [0.4, 0.5) is 0 Å². The van der Waals surface area contributed by atoms with E-state index in [0.29, 0.717) is 22.1 Å². The molecule has 7 heteroatoms. The van der Waals surface area contributed by atoms with Crippen LogP contribution in [0.1, 0.15) is 21.5 Å². The number of ether oxygens (including phenoxy) is 2. The van der Waals surface area contributed by atoms with Crippen LogP contribution in [0, 0.1) is 13.8 Å². The molecule has 0 fully saturated rings. The molecule has 2 amide bonds. The number of halogens is 1. The maximum Gasteiger partial charge on any atom is 0.258 e. The second-order valence-electron chi connectivity index (χ2n) is 5.99. The van der Waals surface area contributed by atoms with Gasteiger partial charge in [-0.25, -0.2) is 0 Å². The Balaban J connectivity index is 1.73. The van der Waals surface area contributed by atoms with E-state index in [2.05, 4.69) is 10.6 Å². The minimum Gasteiger partial charge on any atom is -0.496 e. The number of amides is 2. The van der Waals surface area contributed by atoms with Gasteiger partial charge in [-0.3, -0.25) is 9.59 Å². The molecule has 2 aromatic carbocycles. The maximum absolute atomic E-state index is 12.2. The third-order valence-corrected chi connectivity index (χ3v) is 4.22.